The van der Waals surface area contributed by atoms with Crippen molar-refractivity contribution in [2.24, 2.45) is 0 Å². The lowest BCUT2D eigenvalue weighted by Gasteiger charge is -2.22. The largest absolute Gasteiger partial charge is 0.372 e. The number of nitrogens with one attached hydrogen (secondary N) is 2. The molecule has 0 spiro atoms. The Balaban J connectivity index is 2.10. The molecule has 0 aromatic heterocycles. The molecule has 2 amide bonds. The van der Waals surface area contributed by atoms with E-state index >= 15 is 0 Å². The highest BCUT2D eigenvalue weighted by Gasteiger charge is 2.09. The van der Waals surface area contributed by atoms with Crippen LogP contribution < -0.4 is 15.5 Å². The first-order valence-electron chi connectivity index (χ1n) is 8.46. The summed E-state index contributed by atoms with van der Waals surface area (Å²) in [6.45, 7) is 12.3. The summed E-state index contributed by atoms with van der Waals surface area (Å²) in [6.07, 6.45) is 0. The summed E-state index contributed by atoms with van der Waals surface area (Å²) in [6, 6.07) is 11.8. The maximum atomic E-state index is 12.3. The van der Waals surface area contributed by atoms with Crippen molar-refractivity contribution in [3.63, 3.8) is 0 Å². The summed E-state index contributed by atoms with van der Waals surface area (Å²) >= 11 is 0. The minimum Gasteiger partial charge on any atom is -0.372 e. The molecule has 0 saturated heterocycles. The van der Waals surface area contributed by atoms with Gasteiger partial charge in [0.2, 0.25) is 0 Å². The van der Waals surface area contributed by atoms with Crippen molar-refractivity contribution in [1.29, 1.82) is 0 Å². The van der Waals surface area contributed by atoms with Gasteiger partial charge in [0.05, 0.1) is 0 Å². The zero-order valence-corrected chi connectivity index (χ0v) is 15.2. The monoisotopic (exact) mass is 325 g/mol. The van der Waals surface area contributed by atoms with Crippen LogP contribution in [0.4, 0.5) is 21.9 Å². The first-order chi connectivity index (χ1) is 11.5. The molecule has 0 atom stereocenters. The molecule has 0 aliphatic heterocycles. The molecular formula is C20H27N3O. The average molecular weight is 325 g/mol. The quantitative estimate of drug-likeness (QED) is 0.803. The van der Waals surface area contributed by atoms with Gasteiger partial charge in [0.1, 0.15) is 0 Å². The third-order valence-corrected chi connectivity index (χ3v) is 4.44. The fourth-order valence-corrected chi connectivity index (χ4v) is 2.74. The Labute approximate surface area is 144 Å². The van der Waals surface area contributed by atoms with Gasteiger partial charge in [0, 0.05) is 30.2 Å². The van der Waals surface area contributed by atoms with E-state index < -0.39 is 0 Å². The second kappa shape index (κ2) is 7.86. The van der Waals surface area contributed by atoms with E-state index in [9.17, 15) is 4.79 Å². The van der Waals surface area contributed by atoms with E-state index in [4.69, 9.17) is 0 Å². The predicted molar refractivity (Wildman–Crippen MR) is 103 cm³/mol. The van der Waals surface area contributed by atoms with Crippen molar-refractivity contribution < 1.29 is 4.79 Å². The number of amides is 2. The zero-order valence-electron chi connectivity index (χ0n) is 15.2. The molecule has 4 nitrogen and oxygen atoms in total. The Hall–Kier alpha value is -2.49. The number of rotatable bonds is 5. The van der Waals surface area contributed by atoms with Crippen LogP contribution in [-0.4, -0.2) is 19.1 Å². The van der Waals surface area contributed by atoms with Gasteiger partial charge in [-0.1, -0.05) is 12.1 Å². The minimum absolute atomic E-state index is 0.220. The first kappa shape index (κ1) is 17.9. The maximum Gasteiger partial charge on any atom is 0.323 e. The van der Waals surface area contributed by atoms with Gasteiger partial charge in [-0.3, -0.25) is 0 Å². The van der Waals surface area contributed by atoms with Gasteiger partial charge in [0.15, 0.2) is 0 Å². The van der Waals surface area contributed by atoms with Crippen LogP contribution in [0.1, 0.15) is 30.5 Å². The lowest BCUT2D eigenvalue weighted by atomic mass is 10.1. The third-order valence-electron chi connectivity index (χ3n) is 4.44. The number of carbonyl (C=O) groups is 1. The molecule has 0 unspecified atom stereocenters. The molecule has 128 valence electrons. The highest BCUT2D eigenvalue weighted by atomic mass is 16.2. The van der Waals surface area contributed by atoms with Crippen LogP contribution >= 0.6 is 0 Å². The topological polar surface area (TPSA) is 44.4 Å². The molecule has 0 heterocycles. The fraction of sp³-hybridized carbons (Fsp3) is 0.350. The van der Waals surface area contributed by atoms with E-state index in [-0.39, 0.29) is 6.03 Å². The summed E-state index contributed by atoms with van der Waals surface area (Å²) in [7, 11) is 0. The number of hydrogen-bond acceptors (Lipinski definition) is 2. The third kappa shape index (κ3) is 4.07. The summed E-state index contributed by atoms with van der Waals surface area (Å²) in [4.78, 5) is 14.6. The molecule has 0 fully saturated rings. The van der Waals surface area contributed by atoms with Gasteiger partial charge < -0.3 is 15.5 Å². The van der Waals surface area contributed by atoms with Crippen LogP contribution in [-0.2, 0) is 0 Å². The number of benzene rings is 2. The van der Waals surface area contributed by atoms with Gasteiger partial charge in [0.25, 0.3) is 0 Å². The number of anilines is 3. The summed E-state index contributed by atoms with van der Waals surface area (Å²) < 4.78 is 0. The Morgan fingerprint density at radius 1 is 0.917 bits per heavy atom. The van der Waals surface area contributed by atoms with Gasteiger partial charge in [-0.25, -0.2) is 4.79 Å². The molecule has 2 aromatic carbocycles. The molecule has 0 aliphatic rings. The Morgan fingerprint density at radius 2 is 1.58 bits per heavy atom. The van der Waals surface area contributed by atoms with Crippen LogP contribution in [0.3, 0.4) is 0 Å². The van der Waals surface area contributed by atoms with Crippen molar-refractivity contribution in [1.82, 2.24) is 0 Å². The smallest absolute Gasteiger partial charge is 0.323 e. The summed E-state index contributed by atoms with van der Waals surface area (Å²) in [5.41, 5.74) is 6.14. The molecule has 2 rings (SSSR count). The predicted octanol–water partition coefficient (Wildman–Crippen LogP) is 5.10. The second-order valence-electron chi connectivity index (χ2n) is 6.00. The Bertz CT molecular complexity index is 721. The van der Waals surface area contributed by atoms with Crippen molar-refractivity contribution >= 4 is 23.1 Å². The van der Waals surface area contributed by atoms with Crippen molar-refractivity contribution in [2.75, 3.05) is 28.6 Å². The standard InChI is InChI=1S/C20H27N3O/c1-6-23(7-2)17-11-12-18(15(4)13-17)21-20(24)22-19-10-8-9-14(3)16(19)5/h8-13H,6-7H2,1-5H3,(H2,21,22,24). The molecule has 0 bridgehead atoms. The number of nitrogens with zero attached hydrogens (tertiary/aromatic N) is 1. The van der Waals surface area contributed by atoms with Crippen LogP contribution in [0.25, 0.3) is 0 Å². The van der Waals surface area contributed by atoms with Crippen LogP contribution in [0.15, 0.2) is 36.4 Å². The highest BCUT2D eigenvalue weighted by molar-refractivity contribution is 6.00. The van der Waals surface area contributed by atoms with E-state index in [1.807, 2.05) is 51.1 Å². The molecular weight excluding hydrogens is 298 g/mol. The number of hydrogen-bond donors (Lipinski definition) is 2. The number of aryl methyl sites for hydroxylation is 2. The maximum absolute atomic E-state index is 12.3. The van der Waals surface area contributed by atoms with Crippen molar-refractivity contribution in [3.05, 3.63) is 53.1 Å². The van der Waals surface area contributed by atoms with Crippen molar-refractivity contribution in [3.8, 4) is 0 Å². The molecule has 24 heavy (non-hydrogen) atoms. The van der Waals surface area contributed by atoms with Crippen LogP contribution in [0, 0.1) is 20.8 Å². The molecule has 2 aromatic rings. The summed E-state index contributed by atoms with van der Waals surface area (Å²) in [5.74, 6) is 0. The lowest BCUT2D eigenvalue weighted by molar-refractivity contribution is 0.262. The normalized spacial score (nSPS) is 10.4. The number of carbonyl (C=O) groups excluding carboxylic acids is 1. The Morgan fingerprint density at radius 3 is 2.21 bits per heavy atom. The van der Waals surface area contributed by atoms with E-state index in [0.29, 0.717) is 0 Å². The number of urea groups is 1. The molecule has 4 heteroatoms. The Kier molecular flexibility index (Phi) is 5.85. The fourth-order valence-electron chi connectivity index (χ4n) is 2.74. The zero-order chi connectivity index (χ0) is 17.7. The van der Waals surface area contributed by atoms with Crippen molar-refractivity contribution in [2.45, 2.75) is 34.6 Å². The summed E-state index contributed by atoms with van der Waals surface area (Å²) in [5, 5.41) is 5.86. The SMILES string of the molecule is CCN(CC)c1ccc(NC(=O)Nc2cccc(C)c2C)c(C)c1. The van der Waals surface area contributed by atoms with Gasteiger partial charge in [-0.2, -0.15) is 0 Å². The van der Waals surface area contributed by atoms with Gasteiger partial charge in [-0.05, 0) is 75.6 Å². The van der Waals surface area contributed by atoms with E-state index in [1.165, 1.54) is 5.69 Å². The van der Waals surface area contributed by atoms with Crippen LogP contribution in [0.5, 0.6) is 0 Å². The second-order valence-corrected chi connectivity index (χ2v) is 6.00. The highest BCUT2D eigenvalue weighted by Crippen LogP contribution is 2.23. The molecule has 2 N–H and O–H groups in total. The minimum atomic E-state index is -0.220. The molecule has 0 saturated carbocycles. The molecule has 0 aliphatic carbocycles. The van der Waals surface area contributed by atoms with E-state index in [0.717, 1.165) is 41.2 Å². The molecule has 0 radical (unpaired) electrons. The average Bonchev–Trinajstić information content (AvgIpc) is 2.55. The van der Waals surface area contributed by atoms with E-state index in [1.54, 1.807) is 0 Å². The lowest BCUT2D eigenvalue weighted by Crippen LogP contribution is -2.23. The van der Waals surface area contributed by atoms with E-state index in [2.05, 4.69) is 35.4 Å². The van der Waals surface area contributed by atoms with Gasteiger partial charge in [-0.15, -0.1) is 0 Å². The van der Waals surface area contributed by atoms with Gasteiger partial charge >= 0.3 is 6.03 Å². The van der Waals surface area contributed by atoms with Crippen LogP contribution in [0.2, 0.25) is 0 Å². The first-order valence-corrected chi connectivity index (χ1v) is 8.46.